The molecule has 1 aliphatic heterocycles. The summed E-state index contributed by atoms with van der Waals surface area (Å²) in [5.41, 5.74) is 0.497. The first kappa shape index (κ1) is 15.0. The van der Waals surface area contributed by atoms with Gasteiger partial charge in [-0.25, -0.2) is 4.79 Å². The smallest absolute Gasteiger partial charge is 0.329 e. The second kappa shape index (κ2) is 5.95. The number of hydrogen-bond acceptors (Lipinski definition) is 4. The number of hydrogen-bond donors (Lipinski definition) is 0. The lowest BCUT2D eigenvalue weighted by atomic mass is 10.1. The van der Waals surface area contributed by atoms with Gasteiger partial charge in [-0.15, -0.1) is 0 Å². The highest BCUT2D eigenvalue weighted by Gasteiger charge is 2.36. The van der Waals surface area contributed by atoms with Crippen molar-refractivity contribution in [1.82, 2.24) is 4.90 Å². The topological polar surface area (TPSA) is 46.6 Å². The van der Waals surface area contributed by atoms with E-state index in [0.717, 1.165) is 12.0 Å². The molecule has 0 N–H and O–H groups in total. The number of rotatable bonds is 3. The lowest BCUT2D eigenvalue weighted by Crippen LogP contribution is -2.44. The van der Waals surface area contributed by atoms with Gasteiger partial charge in [0.2, 0.25) is 5.91 Å². The van der Waals surface area contributed by atoms with Crippen molar-refractivity contribution in [2.75, 3.05) is 6.54 Å². The summed E-state index contributed by atoms with van der Waals surface area (Å²) in [6.07, 6.45) is 1.92. The predicted molar refractivity (Wildman–Crippen MR) is 78.6 cm³/mol. The number of likely N-dealkylation sites (tertiary alicyclic amines) is 1. The van der Waals surface area contributed by atoms with Gasteiger partial charge in [0.1, 0.15) is 11.6 Å². The lowest BCUT2D eigenvalue weighted by Gasteiger charge is -2.27. The molecule has 0 unspecified atom stereocenters. The van der Waals surface area contributed by atoms with Crippen molar-refractivity contribution in [3.8, 4) is 0 Å². The number of nitrogens with zero attached hydrogens (tertiary/aromatic N) is 1. The average Bonchev–Trinajstić information content (AvgIpc) is 2.96. The van der Waals surface area contributed by atoms with Crippen LogP contribution in [0.5, 0.6) is 0 Å². The standard InChI is InChI=1S/C15H21NO3S/c1-15(2,3)19-14(18)12-5-4-7-16(12)13(17)9-11-6-8-20-10-11/h6,8,10,12H,4-5,7,9H2,1-3H3/t12-/m0/s1. The van der Waals surface area contributed by atoms with Crippen LogP contribution >= 0.6 is 11.3 Å². The third-order valence-corrected chi connectivity index (χ3v) is 3.92. The molecule has 1 amide bonds. The van der Waals surface area contributed by atoms with Crippen LogP contribution in [0.2, 0.25) is 0 Å². The van der Waals surface area contributed by atoms with E-state index in [4.69, 9.17) is 4.74 Å². The highest BCUT2D eigenvalue weighted by molar-refractivity contribution is 7.07. The van der Waals surface area contributed by atoms with Gasteiger partial charge in [-0.1, -0.05) is 0 Å². The Labute approximate surface area is 123 Å². The van der Waals surface area contributed by atoms with E-state index >= 15 is 0 Å². The van der Waals surface area contributed by atoms with Crippen LogP contribution in [0.4, 0.5) is 0 Å². The van der Waals surface area contributed by atoms with Gasteiger partial charge in [0, 0.05) is 6.54 Å². The van der Waals surface area contributed by atoms with E-state index in [1.165, 1.54) is 0 Å². The summed E-state index contributed by atoms with van der Waals surface area (Å²) in [4.78, 5) is 26.2. The van der Waals surface area contributed by atoms with E-state index in [1.807, 2.05) is 37.6 Å². The summed E-state index contributed by atoms with van der Waals surface area (Å²) in [5, 5.41) is 3.92. The van der Waals surface area contributed by atoms with Gasteiger partial charge in [0.15, 0.2) is 0 Å². The molecule has 1 aromatic heterocycles. The first-order chi connectivity index (χ1) is 9.37. The number of ether oxygens (including phenoxy) is 1. The highest BCUT2D eigenvalue weighted by atomic mass is 32.1. The molecule has 0 spiro atoms. The Morgan fingerprint density at radius 2 is 2.20 bits per heavy atom. The van der Waals surface area contributed by atoms with Crippen LogP contribution in [-0.2, 0) is 20.7 Å². The molecule has 20 heavy (non-hydrogen) atoms. The molecule has 1 fully saturated rings. The van der Waals surface area contributed by atoms with Gasteiger partial charge in [-0.3, -0.25) is 4.79 Å². The maximum absolute atomic E-state index is 12.3. The van der Waals surface area contributed by atoms with Crippen molar-refractivity contribution in [2.45, 2.75) is 51.7 Å². The summed E-state index contributed by atoms with van der Waals surface area (Å²) >= 11 is 1.58. The molecule has 0 bridgehead atoms. The normalized spacial score (nSPS) is 19.1. The molecular weight excluding hydrogens is 274 g/mol. The van der Waals surface area contributed by atoms with Gasteiger partial charge >= 0.3 is 5.97 Å². The van der Waals surface area contributed by atoms with E-state index in [0.29, 0.717) is 19.4 Å². The second-order valence-corrected chi connectivity index (χ2v) is 6.87. The van der Waals surface area contributed by atoms with Crippen molar-refractivity contribution < 1.29 is 14.3 Å². The van der Waals surface area contributed by atoms with E-state index in [9.17, 15) is 9.59 Å². The average molecular weight is 295 g/mol. The number of thiophene rings is 1. The van der Waals surface area contributed by atoms with Crippen LogP contribution in [0.15, 0.2) is 16.8 Å². The number of carbonyl (C=O) groups is 2. The van der Waals surface area contributed by atoms with Crippen molar-refractivity contribution in [2.24, 2.45) is 0 Å². The van der Waals surface area contributed by atoms with E-state index in [2.05, 4.69) is 0 Å². The molecule has 1 aliphatic rings. The fraction of sp³-hybridized carbons (Fsp3) is 0.600. The first-order valence-electron chi connectivity index (χ1n) is 6.90. The van der Waals surface area contributed by atoms with Gasteiger partial charge in [-0.2, -0.15) is 11.3 Å². The van der Waals surface area contributed by atoms with Crippen LogP contribution in [0.3, 0.4) is 0 Å². The van der Waals surface area contributed by atoms with E-state index in [-0.39, 0.29) is 11.9 Å². The van der Waals surface area contributed by atoms with Crippen molar-refractivity contribution in [3.63, 3.8) is 0 Å². The molecule has 5 heteroatoms. The molecule has 0 radical (unpaired) electrons. The zero-order valence-corrected chi connectivity index (χ0v) is 13.0. The fourth-order valence-corrected chi connectivity index (χ4v) is 3.02. The Morgan fingerprint density at radius 1 is 1.45 bits per heavy atom. The molecule has 2 heterocycles. The Morgan fingerprint density at radius 3 is 2.80 bits per heavy atom. The monoisotopic (exact) mass is 295 g/mol. The number of amides is 1. The summed E-state index contributed by atoms with van der Waals surface area (Å²) in [5.74, 6) is -0.273. The maximum atomic E-state index is 12.3. The zero-order valence-electron chi connectivity index (χ0n) is 12.2. The lowest BCUT2D eigenvalue weighted by molar-refractivity contribution is -0.163. The van der Waals surface area contributed by atoms with E-state index in [1.54, 1.807) is 16.2 Å². The van der Waals surface area contributed by atoms with Crippen molar-refractivity contribution in [3.05, 3.63) is 22.4 Å². The molecule has 1 atom stereocenters. The minimum absolute atomic E-state index is 0.0109. The molecular formula is C15H21NO3S. The molecule has 0 aliphatic carbocycles. The zero-order chi connectivity index (χ0) is 14.8. The quantitative estimate of drug-likeness (QED) is 0.805. The number of carbonyl (C=O) groups excluding carboxylic acids is 2. The molecule has 1 saturated heterocycles. The van der Waals surface area contributed by atoms with Crippen LogP contribution in [0.25, 0.3) is 0 Å². The largest absolute Gasteiger partial charge is 0.458 e. The van der Waals surface area contributed by atoms with Crippen LogP contribution < -0.4 is 0 Å². The Bertz CT molecular complexity index is 476. The Balaban J connectivity index is 1.99. The van der Waals surface area contributed by atoms with Gasteiger partial charge in [0.25, 0.3) is 0 Å². The van der Waals surface area contributed by atoms with Crippen molar-refractivity contribution >= 4 is 23.2 Å². The third kappa shape index (κ3) is 3.82. The summed E-state index contributed by atoms with van der Waals surface area (Å²) in [6.45, 7) is 6.18. The van der Waals surface area contributed by atoms with Crippen LogP contribution in [0, 0.1) is 0 Å². The number of esters is 1. The summed E-state index contributed by atoms with van der Waals surface area (Å²) in [6, 6.07) is 1.53. The minimum Gasteiger partial charge on any atom is -0.458 e. The molecule has 110 valence electrons. The molecule has 4 nitrogen and oxygen atoms in total. The van der Waals surface area contributed by atoms with Crippen LogP contribution in [0.1, 0.15) is 39.2 Å². The second-order valence-electron chi connectivity index (χ2n) is 6.09. The predicted octanol–water partition coefficient (Wildman–Crippen LogP) is 2.62. The molecule has 1 aromatic rings. The molecule has 2 rings (SSSR count). The molecule has 0 saturated carbocycles. The molecule has 0 aromatic carbocycles. The van der Waals surface area contributed by atoms with E-state index < -0.39 is 11.6 Å². The van der Waals surface area contributed by atoms with Gasteiger partial charge < -0.3 is 9.64 Å². The van der Waals surface area contributed by atoms with Crippen LogP contribution in [-0.4, -0.2) is 35.0 Å². The Kier molecular flexibility index (Phi) is 4.48. The van der Waals surface area contributed by atoms with Gasteiger partial charge in [0.05, 0.1) is 6.42 Å². The minimum atomic E-state index is -0.512. The highest BCUT2D eigenvalue weighted by Crippen LogP contribution is 2.22. The maximum Gasteiger partial charge on any atom is 0.329 e. The van der Waals surface area contributed by atoms with Gasteiger partial charge in [-0.05, 0) is 56.0 Å². The fourth-order valence-electron chi connectivity index (χ4n) is 2.35. The SMILES string of the molecule is CC(C)(C)OC(=O)[C@@H]1CCCN1C(=O)Cc1ccsc1. The Hall–Kier alpha value is -1.36. The first-order valence-corrected chi connectivity index (χ1v) is 7.84. The third-order valence-electron chi connectivity index (χ3n) is 3.19. The van der Waals surface area contributed by atoms with Crippen molar-refractivity contribution in [1.29, 1.82) is 0 Å². The summed E-state index contributed by atoms with van der Waals surface area (Å²) in [7, 11) is 0. The summed E-state index contributed by atoms with van der Waals surface area (Å²) < 4.78 is 5.41.